The van der Waals surface area contributed by atoms with Crippen LogP contribution in [0.3, 0.4) is 0 Å². The number of benzene rings is 2. The number of nitrogens with zero attached hydrogens (tertiary/aromatic N) is 6. The lowest BCUT2D eigenvalue weighted by Crippen LogP contribution is -2.24. The van der Waals surface area contributed by atoms with E-state index >= 15 is 0 Å². The molecular weight excluding hydrogens is 485 g/mol. The Kier molecular flexibility index (Phi) is 6.77. The van der Waals surface area contributed by atoms with Crippen LogP contribution >= 0.6 is 0 Å². The molecule has 0 radical (unpaired) electrons. The van der Waals surface area contributed by atoms with Crippen LogP contribution in [0.25, 0.3) is 28.1 Å². The Morgan fingerprint density at radius 2 is 2.00 bits per heavy atom. The molecule has 3 heterocycles. The van der Waals surface area contributed by atoms with Gasteiger partial charge in [-0.1, -0.05) is 12.7 Å². The molecule has 0 saturated heterocycles. The van der Waals surface area contributed by atoms with Crippen molar-refractivity contribution in [3.63, 3.8) is 0 Å². The first kappa shape index (κ1) is 24.6. The Bertz CT molecular complexity index is 1700. The van der Waals surface area contributed by atoms with E-state index in [1.165, 1.54) is 23.4 Å². The highest BCUT2D eigenvalue weighted by Crippen LogP contribution is 2.30. The van der Waals surface area contributed by atoms with Gasteiger partial charge >= 0.3 is 0 Å². The van der Waals surface area contributed by atoms with Crippen LogP contribution in [0.15, 0.2) is 79.9 Å². The largest absolute Gasteiger partial charge is 0.454 e. The first-order valence-electron chi connectivity index (χ1n) is 11.7. The molecule has 1 N–H and O–H groups in total. The number of rotatable bonds is 8. The van der Waals surface area contributed by atoms with Gasteiger partial charge in [0.05, 0.1) is 28.6 Å². The maximum absolute atomic E-state index is 14.9. The van der Waals surface area contributed by atoms with Gasteiger partial charge in [0.15, 0.2) is 17.4 Å². The van der Waals surface area contributed by atoms with Crippen molar-refractivity contribution >= 4 is 45.6 Å². The fourth-order valence-electron chi connectivity index (χ4n) is 3.82. The number of ether oxygens (including phenoxy) is 1. The minimum atomic E-state index is -0.538. The van der Waals surface area contributed by atoms with Gasteiger partial charge in [0.25, 0.3) is 0 Å². The summed E-state index contributed by atoms with van der Waals surface area (Å²) >= 11 is 0. The number of anilines is 2. The summed E-state index contributed by atoms with van der Waals surface area (Å²) in [6.07, 6.45) is 8.02. The molecule has 0 aliphatic carbocycles. The van der Waals surface area contributed by atoms with Crippen molar-refractivity contribution in [2.75, 3.05) is 18.9 Å². The number of hydrogen-bond acceptors (Lipinski definition) is 7. The lowest BCUT2D eigenvalue weighted by molar-refractivity contribution is -0.124. The summed E-state index contributed by atoms with van der Waals surface area (Å²) in [7, 11) is 3.59. The zero-order valence-electron chi connectivity index (χ0n) is 20.8. The normalized spacial score (nSPS) is 11.2. The van der Waals surface area contributed by atoms with Gasteiger partial charge in [-0.05, 0) is 48.6 Å². The van der Waals surface area contributed by atoms with Crippen LogP contribution in [0.1, 0.15) is 5.69 Å². The number of carbonyl (C=O) groups excluding carboxylic acids is 1. The summed E-state index contributed by atoms with van der Waals surface area (Å²) in [4.78, 5) is 30.7. The monoisotopic (exact) mass is 509 g/mol. The van der Waals surface area contributed by atoms with Crippen LogP contribution < -0.4 is 10.1 Å². The third-order valence-electron chi connectivity index (χ3n) is 5.84. The summed E-state index contributed by atoms with van der Waals surface area (Å²) in [6, 6.07) is 13.6. The number of amides is 1. The van der Waals surface area contributed by atoms with E-state index in [1.807, 2.05) is 35.9 Å². The number of halogens is 1. The molecule has 10 heteroatoms. The zero-order chi connectivity index (χ0) is 26.6. The van der Waals surface area contributed by atoms with Crippen LogP contribution in [-0.4, -0.2) is 48.9 Å². The molecule has 0 aliphatic heterocycles. The van der Waals surface area contributed by atoms with Crippen LogP contribution in [0.5, 0.6) is 11.5 Å². The Balaban J connectivity index is 1.34. The number of carbonyl (C=O) groups is 1. The molecule has 0 atom stereocenters. The molecule has 2 aromatic carbocycles. The van der Waals surface area contributed by atoms with Crippen molar-refractivity contribution in [2.24, 2.45) is 7.05 Å². The molecule has 0 saturated carbocycles. The molecule has 9 nitrogen and oxygen atoms in total. The Morgan fingerprint density at radius 3 is 2.82 bits per heavy atom. The third kappa shape index (κ3) is 5.19. The van der Waals surface area contributed by atoms with Crippen LogP contribution in [-0.2, 0) is 11.8 Å². The lowest BCUT2D eigenvalue weighted by Gasteiger charge is -2.12. The molecular formula is C28H24FN7O2. The van der Waals surface area contributed by atoms with E-state index in [9.17, 15) is 9.18 Å². The van der Waals surface area contributed by atoms with E-state index in [2.05, 4.69) is 31.8 Å². The van der Waals surface area contributed by atoms with Gasteiger partial charge in [-0.25, -0.2) is 24.3 Å². The first-order valence-corrected chi connectivity index (χ1v) is 11.7. The van der Waals surface area contributed by atoms with Gasteiger partial charge in [-0.3, -0.25) is 4.79 Å². The number of nitrogens with one attached hydrogen (secondary N) is 1. The summed E-state index contributed by atoms with van der Waals surface area (Å²) in [5.41, 5.74) is 4.01. The molecule has 3 aromatic heterocycles. The molecule has 0 spiro atoms. The van der Waals surface area contributed by atoms with Crippen molar-refractivity contribution in [3.05, 3.63) is 91.4 Å². The average molecular weight is 510 g/mol. The molecule has 0 unspecified atom stereocenters. The fourth-order valence-corrected chi connectivity index (χ4v) is 3.82. The number of aryl methyl sites for hydroxylation is 1. The van der Waals surface area contributed by atoms with E-state index in [1.54, 1.807) is 43.7 Å². The first-order chi connectivity index (χ1) is 18.4. The van der Waals surface area contributed by atoms with E-state index in [0.29, 0.717) is 40.5 Å². The highest BCUT2D eigenvalue weighted by atomic mass is 19.1. The van der Waals surface area contributed by atoms with Crippen molar-refractivity contribution < 1.29 is 13.9 Å². The SMILES string of the molecule is C=CC(=O)N(C)C/C=C/c1ccc2ncnc(Nc3ccc(Oc4ccc5c(c4)ncn5C)c(F)c3)c2n1. The van der Waals surface area contributed by atoms with Crippen LogP contribution in [0.2, 0.25) is 0 Å². The summed E-state index contributed by atoms with van der Waals surface area (Å²) < 4.78 is 22.6. The molecule has 0 aliphatic rings. The second-order valence-corrected chi connectivity index (χ2v) is 8.53. The second-order valence-electron chi connectivity index (χ2n) is 8.53. The Morgan fingerprint density at radius 1 is 1.13 bits per heavy atom. The number of pyridine rings is 1. The Labute approximate surface area is 217 Å². The molecule has 5 aromatic rings. The van der Waals surface area contributed by atoms with E-state index in [4.69, 9.17) is 4.74 Å². The van der Waals surface area contributed by atoms with Gasteiger partial charge in [0, 0.05) is 38.5 Å². The number of hydrogen-bond donors (Lipinski definition) is 1. The smallest absolute Gasteiger partial charge is 0.245 e. The maximum Gasteiger partial charge on any atom is 0.245 e. The molecule has 5 rings (SSSR count). The number of aromatic nitrogens is 5. The van der Waals surface area contributed by atoms with Crippen LogP contribution in [0.4, 0.5) is 15.9 Å². The average Bonchev–Trinajstić information content (AvgIpc) is 3.29. The predicted molar refractivity (Wildman–Crippen MR) is 145 cm³/mol. The predicted octanol–water partition coefficient (Wildman–Crippen LogP) is 5.24. The van der Waals surface area contributed by atoms with Gasteiger partial charge in [-0.2, -0.15) is 0 Å². The van der Waals surface area contributed by atoms with Gasteiger partial charge in [0.1, 0.15) is 17.6 Å². The quantitative estimate of drug-likeness (QED) is 0.286. The highest BCUT2D eigenvalue weighted by Gasteiger charge is 2.11. The fraction of sp³-hybridized carbons (Fsp3) is 0.107. The van der Waals surface area contributed by atoms with E-state index in [0.717, 1.165) is 11.0 Å². The summed E-state index contributed by atoms with van der Waals surface area (Å²) in [5.74, 6) is 0.298. The molecule has 0 bridgehead atoms. The van der Waals surface area contributed by atoms with E-state index < -0.39 is 5.82 Å². The van der Waals surface area contributed by atoms with Gasteiger partial charge in [-0.15, -0.1) is 0 Å². The minimum Gasteiger partial charge on any atom is -0.454 e. The standard InChI is InChI=1S/C28H24FN7O2/c1-4-26(37)35(2)13-5-6-18-7-10-22-27(33-18)28(31-16-30-22)34-19-8-12-25(21(29)14-19)38-20-9-11-24-23(15-20)32-17-36(24)3/h4-12,14-17H,1,13H2,2-3H3,(H,30,31,34)/b6-5+. The van der Waals surface area contributed by atoms with Crippen molar-refractivity contribution in [1.29, 1.82) is 0 Å². The minimum absolute atomic E-state index is 0.0869. The molecule has 38 heavy (non-hydrogen) atoms. The molecule has 0 fully saturated rings. The number of fused-ring (bicyclic) bond motifs is 2. The topological polar surface area (TPSA) is 98.1 Å². The molecule has 1 amide bonds. The van der Waals surface area contributed by atoms with Crippen molar-refractivity contribution in [2.45, 2.75) is 0 Å². The highest BCUT2D eigenvalue weighted by molar-refractivity contribution is 5.88. The molecule has 190 valence electrons. The number of imidazole rings is 1. The Hall–Kier alpha value is -5.12. The maximum atomic E-state index is 14.9. The van der Waals surface area contributed by atoms with E-state index in [-0.39, 0.29) is 11.7 Å². The van der Waals surface area contributed by atoms with Gasteiger partial charge in [0.2, 0.25) is 5.91 Å². The van der Waals surface area contributed by atoms with Crippen molar-refractivity contribution in [3.8, 4) is 11.5 Å². The summed E-state index contributed by atoms with van der Waals surface area (Å²) in [6.45, 7) is 3.89. The second kappa shape index (κ2) is 10.5. The summed E-state index contributed by atoms with van der Waals surface area (Å²) in [5, 5.41) is 3.12. The third-order valence-corrected chi connectivity index (χ3v) is 5.84. The van der Waals surface area contributed by atoms with Gasteiger partial charge < -0.3 is 19.5 Å². The van der Waals surface area contributed by atoms with Crippen molar-refractivity contribution in [1.82, 2.24) is 29.4 Å². The lowest BCUT2D eigenvalue weighted by atomic mass is 10.2. The zero-order valence-corrected chi connectivity index (χ0v) is 20.8. The van der Waals surface area contributed by atoms with Crippen LogP contribution in [0, 0.1) is 5.82 Å². The number of likely N-dealkylation sites (N-methyl/N-ethyl adjacent to an activating group) is 1.